The summed E-state index contributed by atoms with van der Waals surface area (Å²) in [5.74, 6) is 0.0293. The van der Waals surface area contributed by atoms with Gasteiger partial charge >= 0.3 is 6.09 Å². The Bertz CT molecular complexity index is 736. The number of methoxy groups -OCH3 is 1. The van der Waals surface area contributed by atoms with Crippen LogP contribution in [0.2, 0.25) is 0 Å². The summed E-state index contributed by atoms with van der Waals surface area (Å²) in [6.07, 6.45) is 6.55. The maximum atomic E-state index is 12.5. The van der Waals surface area contributed by atoms with Crippen molar-refractivity contribution in [3.8, 4) is 0 Å². The zero-order chi connectivity index (χ0) is 24.8. The summed E-state index contributed by atoms with van der Waals surface area (Å²) in [6, 6.07) is 0. The van der Waals surface area contributed by atoms with E-state index in [-0.39, 0.29) is 41.3 Å². The van der Waals surface area contributed by atoms with Crippen LogP contribution in [0, 0.1) is 5.92 Å². The molecule has 0 aromatic carbocycles. The van der Waals surface area contributed by atoms with Gasteiger partial charge in [0.1, 0.15) is 23.4 Å². The Morgan fingerprint density at radius 1 is 1.18 bits per heavy atom. The highest BCUT2D eigenvalue weighted by Crippen LogP contribution is 2.59. The Morgan fingerprint density at radius 3 is 2.59 bits per heavy atom. The molecule has 3 rings (SSSR count). The van der Waals surface area contributed by atoms with Gasteiger partial charge in [-0.25, -0.2) is 4.79 Å². The maximum absolute atomic E-state index is 12.5. The van der Waals surface area contributed by atoms with E-state index in [0.717, 1.165) is 32.1 Å². The number of allylic oxidation sites excluding steroid dienone is 1. The van der Waals surface area contributed by atoms with Crippen LogP contribution in [0.4, 0.5) is 4.79 Å². The minimum absolute atomic E-state index is 0.0116. The van der Waals surface area contributed by atoms with E-state index in [9.17, 15) is 9.59 Å². The minimum Gasteiger partial charge on any atom is -0.443 e. The molecule has 4 N–H and O–H groups in total. The second-order valence-electron chi connectivity index (χ2n) is 10.2. The fourth-order valence-electron chi connectivity index (χ4n) is 5.33. The lowest BCUT2D eigenvalue weighted by molar-refractivity contribution is -0.121. The summed E-state index contributed by atoms with van der Waals surface area (Å²) in [5, 5.41) is 5.59. The lowest BCUT2D eigenvalue weighted by atomic mass is 9.68. The summed E-state index contributed by atoms with van der Waals surface area (Å²) in [6.45, 7) is 8.48. The van der Waals surface area contributed by atoms with E-state index in [4.69, 9.17) is 24.7 Å². The van der Waals surface area contributed by atoms with Crippen molar-refractivity contribution in [1.82, 2.24) is 10.6 Å². The summed E-state index contributed by atoms with van der Waals surface area (Å²) in [7, 11) is 1.67. The molecule has 2 heterocycles. The van der Waals surface area contributed by atoms with Crippen molar-refractivity contribution in [3.05, 3.63) is 11.6 Å². The Hall–Kier alpha value is -1.68. The lowest BCUT2D eigenvalue weighted by Gasteiger charge is -2.42. The van der Waals surface area contributed by atoms with Gasteiger partial charge in [-0.05, 0) is 52.9 Å². The molecule has 2 saturated heterocycles. The van der Waals surface area contributed by atoms with Crippen molar-refractivity contribution in [2.75, 3.05) is 33.4 Å². The number of ether oxygens (including phenoxy) is 4. The quantitative estimate of drug-likeness (QED) is 0.209. The average molecular weight is 482 g/mol. The summed E-state index contributed by atoms with van der Waals surface area (Å²) in [4.78, 5) is 24.1. The molecule has 3 fully saturated rings. The van der Waals surface area contributed by atoms with Crippen LogP contribution in [0.25, 0.3) is 0 Å². The van der Waals surface area contributed by atoms with Crippen LogP contribution in [-0.2, 0) is 23.7 Å². The number of hydrogen-bond donors (Lipinski definition) is 3. The van der Waals surface area contributed by atoms with Crippen LogP contribution in [0.15, 0.2) is 11.6 Å². The molecule has 9 nitrogen and oxygen atoms in total. The topological polar surface area (TPSA) is 128 Å². The molecule has 1 spiro atoms. The zero-order valence-corrected chi connectivity index (χ0v) is 21.2. The van der Waals surface area contributed by atoms with Crippen molar-refractivity contribution < 1.29 is 28.5 Å². The largest absolute Gasteiger partial charge is 0.443 e. The Kier molecular flexibility index (Phi) is 9.37. The van der Waals surface area contributed by atoms with Crippen molar-refractivity contribution in [2.24, 2.45) is 11.7 Å². The van der Waals surface area contributed by atoms with Gasteiger partial charge in [-0.15, -0.1) is 0 Å². The van der Waals surface area contributed by atoms with Crippen LogP contribution in [0.1, 0.15) is 65.7 Å². The molecule has 1 saturated carbocycles. The van der Waals surface area contributed by atoms with E-state index in [1.54, 1.807) is 7.11 Å². The average Bonchev–Trinajstić information content (AvgIpc) is 3.71. The van der Waals surface area contributed by atoms with Gasteiger partial charge in [-0.3, -0.25) is 4.79 Å². The Morgan fingerprint density at radius 2 is 1.94 bits per heavy atom. The van der Waals surface area contributed by atoms with Crippen molar-refractivity contribution in [3.63, 3.8) is 0 Å². The Balaban J connectivity index is 1.44. The number of amides is 2. The summed E-state index contributed by atoms with van der Waals surface area (Å²) in [5.41, 5.74) is 6.06. The molecule has 9 heteroatoms. The first-order valence-corrected chi connectivity index (χ1v) is 12.6. The first-order chi connectivity index (χ1) is 16.3. The van der Waals surface area contributed by atoms with E-state index in [1.165, 1.54) is 5.57 Å². The van der Waals surface area contributed by atoms with Gasteiger partial charge < -0.3 is 35.3 Å². The van der Waals surface area contributed by atoms with Gasteiger partial charge in [-0.2, -0.15) is 0 Å². The fourth-order valence-corrected chi connectivity index (χ4v) is 5.33. The van der Waals surface area contributed by atoms with Crippen LogP contribution >= 0.6 is 0 Å². The Labute approximate surface area is 203 Å². The van der Waals surface area contributed by atoms with Crippen molar-refractivity contribution in [1.29, 1.82) is 0 Å². The van der Waals surface area contributed by atoms with Gasteiger partial charge in [0, 0.05) is 33.2 Å². The third kappa shape index (κ3) is 6.71. The number of carbonyl (C=O) groups excluding carboxylic acids is 2. The highest BCUT2D eigenvalue weighted by atomic mass is 16.6. The summed E-state index contributed by atoms with van der Waals surface area (Å²) >= 11 is 0. The van der Waals surface area contributed by atoms with E-state index in [0.29, 0.717) is 39.1 Å². The third-order valence-corrected chi connectivity index (χ3v) is 7.31. The molecule has 34 heavy (non-hydrogen) atoms. The number of epoxide rings is 2. The number of nitrogens with two attached hydrogens (primary N) is 1. The molecular formula is C25H43N3O6. The van der Waals surface area contributed by atoms with Crippen LogP contribution < -0.4 is 16.4 Å². The third-order valence-electron chi connectivity index (χ3n) is 7.31. The number of hydrogen-bond acceptors (Lipinski definition) is 7. The van der Waals surface area contributed by atoms with Gasteiger partial charge in [-0.1, -0.05) is 18.1 Å². The smallest absolute Gasteiger partial charge is 0.407 e. The normalized spacial score (nSPS) is 33.8. The molecular weight excluding hydrogens is 438 g/mol. The van der Waals surface area contributed by atoms with Gasteiger partial charge in [0.2, 0.25) is 5.91 Å². The van der Waals surface area contributed by atoms with E-state index < -0.39 is 6.09 Å². The van der Waals surface area contributed by atoms with E-state index >= 15 is 0 Å². The second-order valence-corrected chi connectivity index (χ2v) is 10.2. The molecule has 0 aromatic heterocycles. The predicted molar refractivity (Wildman–Crippen MR) is 128 cm³/mol. The SMILES string of the molecule is COC1C(OC(=O)NCCCCCC(=O)NCCN)CC[C@]2(CO2)C1[C@]1(C)O[C@@H]1CC=C(C)C. The number of nitrogens with one attached hydrogen (secondary N) is 2. The monoisotopic (exact) mass is 481 g/mol. The molecule has 2 amide bonds. The summed E-state index contributed by atoms with van der Waals surface area (Å²) < 4.78 is 23.9. The van der Waals surface area contributed by atoms with Crippen molar-refractivity contribution in [2.45, 2.75) is 95.2 Å². The highest BCUT2D eigenvalue weighted by Gasteiger charge is 2.72. The molecule has 194 valence electrons. The zero-order valence-electron chi connectivity index (χ0n) is 21.2. The van der Waals surface area contributed by atoms with E-state index in [2.05, 4.69) is 37.5 Å². The second kappa shape index (κ2) is 11.8. The number of unbranched alkanes of at least 4 members (excludes halogenated alkanes) is 2. The molecule has 3 unspecified atom stereocenters. The number of carbonyl (C=O) groups is 2. The number of alkyl carbamates (subject to hydrolysis) is 1. The number of rotatable bonds is 13. The standard InChI is InChI=1S/C25H43N3O6/c1-17(2)9-10-19-24(3,34-19)22-21(31-4)18(11-12-25(22)16-32-25)33-23(30)28-14-7-5-6-8-20(29)27-15-13-26/h9,18-19,21-22H,5-8,10-16,26H2,1-4H3,(H,27,29)(H,28,30)/t18?,19-,21?,22?,24-,25+/m1/s1. The first kappa shape index (κ1) is 26.9. The van der Waals surface area contributed by atoms with Crippen LogP contribution in [0.3, 0.4) is 0 Å². The molecule has 6 atom stereocenters. The van der Waals surface area contributed by atoms with Crippen LogP contribution in [0.5, 0.6) is 0 Å². The van der Waals surface area contributed by atoms with Gasteiger partial charge in [0.25, 0.3) is 0 Å². The highest BCUT2D eigenvalue weighted by molar-refractivity contribution is 5.75. The minimum atomic E-state index is -0.429. The molecule has 0 radical (unpaired) electrons. The van der Waals surface area contributed by atoms with Crippen molar-refractivity contribution >= 4 is 12.0 Å². The maximum Gasteiger partial charge on any atom is 0.407 e. The molecule has 0 aromatic rings. The van der Waals surface area contributed by atoms with E-state index in [1.807, 2.05) is 0 Å². The van der Waals surface area contributed by atoms with Crippen LogP contribution in [-0.4, -0.2) is 74.9 Å². The van der Waals surface area contributed by atoms with Gasteiger partial charge in [0.05, 0.1) is 18.6 Å². The molecule has 0 bridgehead atoms. The lowest BCUT2D eigenvalue weighted by Crippen LogP contribution is -2.56. The van der Waals surface area contributed by atoms with Gasteiger partial charge in [0.15, 0.2) is 0 Å². The molecule has 2 aliphatic heterocycles. The molecule has 3 aliphatic rings. The first-order valence-electron chi connectivity index (χ1n) is 12.6. The fraction of sp³-hybridized carbons (Fsp3) is 0.840. The predicted octanol–water partition coefficient (Wildman–Crippen LogP) is 2.42. The molecule has 1 aliphatic carbocycles.